The number of nitrogens with one attached hydrogen (secondary N) is 1. The summed E-state index contributed by atoms with van der Waals surface area (Å²) in [7, 11) is 0. The summed E-state index contributed by atoms with van der Waals surface area (Å²) in [5.41, 5.74) is 9.17. The molecule has 1 saturated heterocycles. The number of nitrogen functional groups attached to an aromatic ring is 1. The Morgan fingerprint density at radius 2 is 2.31 bits per heavy atom. The minimum atomic E-state index is 0.158. The first kappa shape index (κ1) is 11.0. The second-order valence-electron chi connectivity index (χ2n) is 4.35. The molecule has 2 rings (SSSR count). The number of amides is 1. The molecule has 1 aliphatic heterocycles. The lowest BCUT2D eigenvalue weighted by Gasteiger charge is -2.23. The Bertz CT molecular complexity index is 401. The number of carbonyl (C=O) groups is 1. The highest BCUT2D eigenvalue weighted by molar-refractivity contribution is 5.77. The zero-order valence-electron chi connectivity index (χ0n) is 9.62. The van der Waals surface area contributed by atoms with Gasteiger partial charge in [-0.3, -0.25) is 4.79 Å². The van der Waals surface area contributed by atoms with Gasteiger partial charge in [0.25, 0.3) is 0 Å². The van der Waals surface area contributed by atoms with Crippen molar-refractivity contribution < 1.29 is 4.79 Å². The van der Waals surface area contributed by atoms with E-state index in [2.05, 4.69) is 24.4 Å². The molecule has 1 aromatic carbocycles. The zero-order valence-corrected chi connectivity index (χ0v) is 9.62. The molecular formula is C13H18N2O. The molecule has 1 fully saturated rings. The summed E-state index contributed by atoms with van der Waals surface area (Å²) in [5.74, 6) is 0.519. The van der Waals surface area contributed by atoms with Gasteiger partial charge in [0.1, 0.15) is 0 Å². The van der Waals surface area contributed by atoms with Crippen molar-refractivity contribution in [2.75, 3.05) is 12.3 Å². The standard InChI is InChI=1S/C13H18N2O/c1-2-9-7-10(3-4-12(9)14)11-5-6-15-13(16)8-11/h3-4,7,11H,2,5-6,8,14H2,1H3,(H,15,16)/t11-/m1/s1. The molecule has 0 radical (unpaired) electrons. The number of rotatable bonds is 2. The van der Waals surface area contributed by atoms with Crippen LogP contribution in [0.15, 0.2) is 18.2 Å². The van der Waals surface area contributed by atoms with Gasteiger partial charge < -0.3 is 11.1 Å². The van der Waals surface area contributed by atoms with Crippen LogP contribution >= 0.6 is 0 Å². The number of hydrogen-bond donors (Lipinski definition) is 2. The van der Waals surface area contributed by atoms with Crippen LogP contribution in [-0.4, -0.2) is 12.5 Å². The third-order valence-electron chi connectivity index (χ3n) is 3.27. The smallest absolute Gasteiger partial charge is 0.220 e. The SMILES string of the molecule is CCc1cc([C@@H]2CCNC(=O)C2)ccc1N. The fraction of sp³-hybridized carbons (Fsp3) is 0.462. The summed E-state index contributed by atoms with van der Waals surface area (Å²) in [6, 6.07) is 6.16. The highest BCUT2D eigenvalue weighted by Gasteiger charge is 2.20. The van der Waals surface area contributed by atoms with Crippen molar-refractivity contribution in [3.8, 4) is 0 Å². The number of piperidine rings is 1. The van der Waals surface area contributed by atoms with Crippen LogP contribution in [0.5, 0.6) is 0 Å². The number of hydrogen-bond acceptors (Lipinski definition) is 2. The Morgan fingerprint density at radius 3 is 3.00 bits per heavy atom. The van der Waals surface area contributed by atoms with Crippen molar-refractivity contribution in [3.63, 3.8) is 0 Å². The lowest BCUT2D eigenvalue weighted by molar-refractivity contribution is -0.122. The summed E-state index contributed by atoms with van der Waals surface area (Å²) < 4.78 is 0. The normalized spacial score (nSPS) is 20.6. The van der Waals surface area contributed by atoms with Crippen molar-refractivity contribution in [1.29, 1.82) is 0 Å². The second-order valence-corrected chi connectivity index (χ2v) is 4.35. The highest BCUT2D eigenvalue weighted by Crippen LogP contribution is 2.28. The number of benzene rings is 1. The molecule has 86 valence electrons. The van der Waals surface area contributed by atoms with Crippen LogP contribution in [0, 0.1) is 0 Å². The first-order valence-electron chi connectivity index (χ1n) is 5.85. The van der Waals surface area contributed by atoms with Crippen LogP contribution in [0.3, 0.4) is 0 Å². The van der Waals surface area contributed by atoms with Gasteiger partial charge >= 0.3 is 0 Å². The predicted molar refractivity (Wildman–Crippen MR) is 65.2 cm³/mol. The molecule has 1 heterocycles. The first-order valence-corrected chi connectivity index (χ1v) is 5.85. The lowest BCUT2D eigenvalue weighted by Crippen LogP contribution is -2.32. The molecule has 0 aliphatic carbocycles. The molecule has 1 aromatic rings. The molecule has 1 atom stereocenters. The molecule has 0 spiro atoms. The average molecular weight is 218 g/mol. The maximum atomic E-state index is 11.3. The van der Waals surface area contributed by atoms with Gasteiger partial charge in [0.2, 0.25) is 5.91 Å². The van der Waals surface area contributed by atoms with Gasteiger partial charge in [-0.2, -0.15) is 0 Å². The largest absolute Gasteiger partial charge is 0.399 e. The molecule has 0 aromatic heterocycles. The van der Waals surface area contributed by atoms with Crippen LogP contribution in [0.1, 0.15) is 36.8 Å². The third-order valence-corrected chi connectivity index (χ3v) is 3.27. The van der Waals surface area contributed by atoms with E-state index in [1.807, 2.05) is 6.07 Å². The van der Waals surface area contributed by atoms with E-state index in [0.717, 1.165) is 25.1 Å². The van der Waals surface area contributed by atoms with Crippen molar-refractivity contribution in [2.45, 2.75) is 32.1 Å². The number of anilines is 1. The van der Waals surface area contributed by atoms with Crippen LogP contribution in [0.4, 0.5) is 5.69 Å². The van der Waals surface area contributed by atoms with E-state index in [1.54, 1.807) is 0 Å². The summed E-state index contributed by atoms with van der Waals surface area (Å²) in [5, 5.41) is 2.86. The summed E-state index contributed by atoms with van der Waals surface area (Å²) in [4.78, 5) is 11.3. The number of carbonyl (C=O) groups excluding carboxylic acids is 1. The van der Waals surface area contributed by atoms with Crippen molar-refractivity contribution >= 4 is 11.6 Å². The quantitative estimate of drug-likeness (QED) is 0.744. The third kappa shape index (κ3) is 2.18. The van der Waals surface area contributed by atoms with E-state index < -0.39 is 0 Å². The molecule has 3 N–H and O–H groups in total. The van der Waals surface area contributed by atoms with Gasteiger partial charge in [0.15, 0.2) is 0 Å². The molecule has 1 aliphatic rings. The van der Waals surface area contributed by atoms with E-state index in [1.165, 1.54) is 11.1 Å². The van der Waals surface area contributed by atoms with E-state index in [0.29, 0.717) is 12.3 Å². The van der Waals surface area contributed by atoms with Crippen LogP contribution in [-0.2, 0) is 11.2 Å². The Labute approximate surface area is 96.0 Å². The average Bonchev–Trinajstić information content (AvgIpc) is 2.29. The van der Waals surface area contributed by atoms with Crippen molar-refractivity contribution in [1.82, 2.24) is 5.32 Å². The first-order chi connectivity index (χ1) is 7.70. The van der Waals surface area contributed by atoms with Crippen molar-refractivity contribution in [3.05, 3.63) is 29.3 Å². The minimum Gasteiger partial charge on any atom is -0.399 e. The fourth-order valence-electron chi connectivity index (χ4n) is 2.25. The fourth-order valence-corrected chi connectivity index (χ4v) is 2.25. The second kappa shape index (κ2) is 4.56. The molecule has 0 saturated carbocycles. The minimum absolute atomic E-state index is 0.158. The number of aryl methyl sites for hydroxylation is 1. The summed E-state index contributed by atoms with van der Waals surface area (Å²) in [6.07, 6.45) is 2.57. The van der Waals surface area contributed by atoms with Crippen LogP contribution in [0.2, 0.25) is 0 Å². The summed E-state index contributed by atoms with van der Waals surface area (Å²) >= 11 is 0. The molecule has 3 nitrogen and oxygen atoms in total. The molecule has 0 unspecified atom stereocenters. The van der Waals surface area contributed by atoms with E-state index >= 15 is 0 Å². The van der Waals surface area contributed by atoms with Crippen LogP contribution < -0.4 is 11.1 Å². The topological polar surface area (TPSA) is 55.1 Å². The number of nitrogens with two attached hydrogens (primary N) is 1. The van der Waals surface area contributed by atoms with Gasteiger partial charge in [-0.25, -0.2) is 0 Å². The van der Waals surface area contributed by atoms with Gasteiger partial charge in [0.05, 0.1) is 0 Å². The van der Waals surface area contributed by atoms with Crippen molar-refractivity contribution in [2.24, 2.45) is 0 Å². The molecule has 3 heteroatoms. The Balaban J connectivity index is 2.22. The summed E-state index contributed by atoms with van der Waals surface area (Å²) in [6.45, 7) is 2.89. The van der Waals surface area contributed by atoms with E-state index in [4.69, 9.17) is 5.73 Å². The zero-order chi connectivity index (χ0) is 11.5. The van der Waals surface area contributed by atoms with Gasteiger partial charge in [-0.15, -0.1) is 0 Å². The van der Waals surface area contributed by atoms with Crippen LogP contribution in [0.25, 0.3) is 0 Å². The molecule has 0 bridgehead atoms. The Kier molecular flexibility index (Phi) is 3.13. The van der Waals surface area contributed by atoms with Gasteiger partial charge in [-0.05, 0) is 36.0 Å². The van der Waals surface area contributed by atoms with Gasteiger partial charge in [-0.1, -0.05) is 19.1 Å². The molecular weight excluding hydrogens is 200 g/mol. The molecule has 1 amide bonds. The predicted octanol–water partition coefficient (Wildman–Crippen LogP) is 1.82. The van der Waals surface area contributed by atoms with Gasteiger partial charge in [0, 0.05) is 18.7 Å². The lowest BCUT2D eigenvalue weighted by atomic mass is 9.88. The Hall–Kier alpha value is -1.51. The highest BCUT2D eigenvalue weighted by atomic mass is 16.1. The maximum Gasteiger partial charge on any atom is 0.220 e. The maximum absolute atomic E-state index is 11.3. The van der Waals surface area contributed by atoms with E-state index in [-0.39, 0.29) is 5.91 Å². The Morgan fingerprint density at radius 1 is 1.50 bits per heavy atom. The molecule has 16 heavy (non-hydrogen) atoms. The van der Waals surface area contributed by atoms with E-state index in [9.17, 15) is 4.79 Å². The monoisotopic (exact) mass is 218 g/mol.